The van der Waals surface area contributed by atoms with E-state index >= 15 is 0 Å². The molecule has 7 nitrogen and oxygen atoms in total. The van der Waals surface area contributed by atoms with E-state index in [1.165, 1.54) is 0 Å². The summed E-state index contributed by atoms with van der Waals surface area (Å²) < 4.78 is 10.9. The number of aromatic amines is 1. The molecule has 1 aliphatic rings. The van der Waals surface area contributed by atoms with Crippen LogP contribution in [-0.2, 0) is 0 Å². The monoisotopic (exact) mass is 319 g/mol. The van der Waals surface area contributed by atoms with Gasteiger partial charge in [-0.25, -0.2) is 0 Å². The number of hydrogen-bond donors (Lipinski definition) is 1. The molecule has 2 aromatic rings. The van der Waals surface area contributed by atoms with Gasteiger partial charge in [-0.1, -0.05) is 11.8 Å². The molecule has 1 aromatic heterocycles. The minimum absolute atomic E-state index is 0.0924. The van der Waals surface area contributed by atoms with Crippen molar-refractivity contribution < 1.29 is 14.3 Å². The first-order chi connectivity index (χ1) is 10.6. The van der Waals surface area contributed by atoms with Crippen LogP contribution >= 0.6 is 11.8 Å². The summed E-state index contributed by atoms with van der Waals surface area (Å²) in [5.74, 6) is 1.27. The number of aromatic nitrogens is 3. The van der Waals surface area contributed by atoms with Crippen molar-refractivity contribution >= 4 is 17.5 Å². The van der Waals surface area contributed by atoms with Gasteiger partial charge in [-0.15, -0.1) is 10.2 Å². The Labute approximate surface area is 130 Å². The van der Waals surface area contributed by atoms with Crippen molar-refractivity contribution in [2.75, 3.05) is 19.0 Å². The summed E-state index contributed by atoms with van der Waals surface area (Å²) >= 11 is 1.13. The molecule has 0 fully saturated rings. The van der Waals surface area contributed by atoms with Crippen molar-refractivity contribution in [1.29, 1.82) is 0 Å². The Hall–Kier alpha value is -2.35. The molecule has 0 spiro atoms. The van der Waals surface area contributed by atoms with Gasteiger partial charge >= 0.3 is 0 Å². The van der Waals surface area contributed by atoms with E-state index in [4.69, 9.17) is 9.47 Å². The van der Waals surface area contributed by atoms with E-state index in [0.29, 0.717) is 41.1 Å². The molecule has 0 unspecified atom stereocenters. The highest BCUT2D eigenvalue weighted by molar-refractivity contribution is 7.99. The average molecular weight is 319 g/mol. The second-order valence-electron chi connectivity index (χ2n) is 4.61. The van der Waals surface area contributed by atoms with E-state index in [2.05, 4.69) is 15.2 Å². The largest absolute Gasteiger partial charge is 0.486 e. The number of fused-ring (bicyclic) bond motifs is 1. The third-order valence-electron chi connectivity index (χ3n) is 3.04. The number of carbonyl (C=O) groups excluding carboxylic acids is 1. The maximum atomic E-state index is 12.2. The predicted molar refractivity (Wildman–Crippen MR) is 79.9 cm³/mol. The first kappa shape index (κ1) is 14.6. The molecule has 0 radical (unpaired) electrons. The maximum Gasteiger partial charge on any atom is 0.273 e. The lowest BCUT2D eigenvalue weighted by Crippen LogP contribution is -2.16. The van der Waals surface area contributed by atoms with Crippen LogP contribution in [0.1, 0.15) is 16.1 Å². The third-order valence-corrected chi connectivity index (χ3v) is 3.91. The van der Waals surface area contributed by atoms with Crippen LogP contribution in [0.25, 0.3) is 0 Å². The topological polar surface area (TPSA) is 94.2 Å². The van der Waals surface area contributed by atoms with Gasteiger partial charge in [0.25, 0.3) is 5.56 Å². The van der Waals surface area contributed by atoms with Crippen LogP contribution in [0.5, 0.6) is 11.5 Å². The quantitative estimate of drug-likeness (QED) is 0.669. The second-order valence-corrected chi connectivity index (χ2v) is 5.58. The zero-order valence-corrected chi connectivity index (χ0v) is 12.6. The summed E-state index contributed by atoms with van der Waals surface area (Å²) in [7, 11) is 0. The van der Waals surface area contributed by atoms with Crippen LogP contribution in [0, 0.1) is 6.92 Å². The molecule has 1 aliphatic heterocycles. The molecular formula is C14H13N3O4S. The molecule has 0 amide bonds. The first-order valence-corrected chi connectivity index (χ1v) is 7.61. The Morgan fingerprint density at radius 3 is 2.82 bits per heavy atom. The SMILES string of the molecule is Cc1nnc(SCC(=O)c2ccc3c(c2)OCCO3)[nH]c1=O. The molecule has 0 saturated heterocycles. The number of hydrogen-bond acceptors (Lipinski definition) is 7. The fourth-order valence-electron chi connectivity index (χ4n) is 1.88. The van der Waals surface area contributed by atoms with Gasteiger partial charge < -0.3 is 9.47 Å². The van der Waals surface area contributed by atoms with Gasteiger partial charge in [0.05, 0.1) is 5.75 Å². The number of nitrogens with one attached hydrogen (secondary N) is 1. The number of benzene rings is 1. The van der Waals surface area contributed by atoms with E-state index in [1.54, 1.807) is 25.1 Å². The molecule has 1 aromatic carbocycles. The molecule has 22 heavy (non-hydrogen) atoms. The fraction of sp³-hybridized carbons (Fsp3) is 0.286. The molecule has 0 bridgehead atoms. The first-order valence-electron chi connectivity index (χ1n) is 6.63. The second kappa shape index (κ2) is 6.18. The van der Waals surface area contributed by atoms with E-state index in [1.807, 2.05) is 0 Å². The van der Waals surface area contributed by atoms with Gasteiger partial charge in [0.2, 0.25) is 0 Å². The van der Waals surface area contributed by atoms with Gasteiger partial charge in [-0.05, 0) is 25.1 Å². The maximum absolute atomic E-state index is 12.2. The van der Waals surface area contributed by atoms with Crippen molar-refractivity contribution in [2.45, 2.75) is 12.1 Å². The molecule has 3 rings (SSSR count). The molecule has 0 saturated carbocycles. The highest BCUT2D eigenvalue weighted by Crippen LogP contribution is 2.31. The summed E-state index contributed by atoms with van der Waals surface area (Å²) in [6.45, 7) is 2.55. The van der Waals surface area contributed by atoms with Gasteiger partial charge in [-0.3, -0.25) is 14.6 Å². The zero-order valence-electron chi connectivity index (χ0n) is 11.8. The Morgan fingerprint density at radius 2 is 2.05 bits per heavy atom. The number of carbonyl (C=O) groups is 1. The third kappa shape index (κ3) is 3.11. The Balaban J connectivity index is 1.69. The molecule has 2 heterocycles. The number of Topliss-reactive ketones (excluding diaryl/α,β-unsaturated/α-hetero) is 1. The van der Waals surface area contributed by atoms with Crippen LogP contribution < -0.4 is 15.0 Å². The molecule has 1 N–H and O–H groups in total. The normalized spacial score (nSPS) is 13.0. The predicted octanol–water partition coefficient (Wildman–Crippen LogP) is 1.22. The lowest BCUT2D eigenvalue weighted by molar-refractivity contribution is 0.102. The minimum atomic E-state index is -0.302. The van der Waals surface area contributed by atoms with Crippen molar-refractivity contribution in [3.63, 3.8) is 0 Å². The van der Waals surface area contributed by atoms with Gasteiger partial charge in [-0.2, -0.15) is 0 Å². The van der Waals surface area contributed by atoms with Crippen molar-refractivity contribution in [1.82, 2.24) is 15.2 Å². The molecular weight excluding hydrogens is 306 g/mol. The summed E-state index contributed by atoms with van der Waals surface area (Å²) in [4.78, 5) is 26.2. The zero-order chi connectivity index (χ0) is 15.5. The highest BCUT2D eigenvalue weighted by atomic mass is 32.2. The Bertz CT molecular complexity index is 775. The van der Waals surface area contributed by atoms with E-state index in [-0.39, 0.29) is 17.1 Å². The van der Waals surface area contributed by atoms with Gasteiger partial charge in [0.1, 0.15) is 18.9 Å². The van der Waals surface area contributed by atoms with Crippen LogP contribution in [0.2, 0.25) is 0 Å². The van der Waals surface area contributed by atoms with Crippen molar-refractivity contribution in [3.05, 3.63) is 39.8 Å². The lowest BCUT2D eigenvalue weighted by Gasteiger charge is -2.18. The van der Waals surface area contributed by atoms with E-state index < -0.39 is 0 Å². The summed E-state index contributed by atoms with van der Waals surface area (Å²) in [6, 6.07) is 5.08. The Kier molecular flexibility index (Phi) is 4.10. The average Bonchev–Trinajstić information content (AvgIpc) is 2.55. The number of nitrogens with zero attached hydrogens (tertiary/aromatic N) is 2. The number of aryl methyl sites for hydroxylation is 1. The van der Waals surface area contributed by atoms with Gasteiger partial charge in [0.15, 0.2) is 22.4 Å². The van der Waals surface area contributed by atoms with Crippen LogP contribution in [-0.4, -0.2) is 39.9 Å². The number of ketones is 1. The smallest absolute Gasteiger partial charge is 0.273 e. The summed E-state index contributed by atoms with van der Waals surface area (Å²) in [6.07, 6.45) is 0. The summed E-state index contributed by atoms with van der Waals surface area (Å²) in [5, 5.41) is 7.88. The van der Waals surface area contributed by atoms with E-state index in [0.717, 1.165) is 11.8 Å². The van der Waals surface area contributed by atoms with Crippen molar-refractivity contribution in [3.8, 4) is 11.5 Å². The van der Waals surface area contributed by atoms with Crippen LogP contribution in [0.3, 0.4) is 0 Å². The van der Waals surface area contributed by atoms with Crippen molar-refractivity contribution in [2.24, 2.45) is 0 Å². The molecule has 0 atom stereocenters. The molecule has 0 aliphatic carbocycles. The standard InChI is InChI=1S/C14H13N3O4S/c1-8-13(19)15-14(17-16-8)22-7-10(18)9-2-3-11-12(6-9)21-5-4-20-11/h2-3,6H,4-5,7H2,1H3,(H,15,17,19). The number of H-pyrrole nitrogens is 1. The molecule has 114 valence electrons. The van der Waals surface area contributed by atoms with E-state index in [9.17, 15) is 9.59 Å². The number of ether oxygens (including phenoxy) is 2. The minimum Gasteiger partial charge on any atom is -0.486 e. The fourth-order valence-corrected chi connectivity index (χ4v) is 2.58. The summed E-state index contributed by atoms with van der Waals surface area (Å²) in [5.41, 5.74) is 0.519. The number of thioether (sulfide) groups is 1. The lowest BCUT2D eigenvalue weighted by atomic mass is 10.1. The molecule has 8 heteroatoms. The van der Waals surface area contributed by atoms with Gasteiger partial charge in [0, 0.05) is 5.56 Å². The Morgan fingerprint density at radius 1 is 1.27 bits per heavy atom. The number of rotatable bonds is 4. The van der Waals surface area contributed by atoms with Crippen LogP contribution in [0.15, 0.2) is 28.2 Å². The highest BCUT2D eigenvalue weighted by Gasteiger charge is 2.15. The van der Waals surface area contributed by atoms with Crippen LogP contribution in [0.4, 0.5) is 0 Å².